The van der Waals surface area contributed by atoms with E-state index in [1.807, 2.05) is 12.3 Å². The first kappa shape index (κ1) is 13.6. The molecule has 4 nitrogen and oxygen atoms in total. The molecule has 0 saturated carbocycles. The highest BCUT2D eigenvalue weighted by Crippen LogP contribution is 2.28. The van der Waals surface area contributed by atoms with E-state index in [-0.39, 0.29) is 0 Å². The second kappa shape index (κ2) is 6.37. The van der Waals surface area contributed by atoms with Gasteiger partial charge in [0.15, 0.2) is 0 Å². The second-order valence-corrected chi connectivity index (χ2v) is 5.53. The van der Waals surface area contributed by atoms with Crippen LogP contribution in [0.1, 0.15) is 30.9 Å². The molecule has 1 fully saturated rings. The number of aromatic nitrogens is 2. The summed E-state index contributed by atoms with van der Waals surface area (Å²) < 4.78 is 7.59. The molecule has 1 N–H and O–H groups in total. The van der Waals surface area contributed by atoms with Gasteiger partial charge in [0.1, 0.15) is 5.65 Å². The molecule has 0 radical (unpaired) electrons. The number of nitrogens with zero attached hydrogens (tertiary/aromatic N) is 2. The lowest BCUT2D eigenvalue weighted by Crippen LogP contribution is -2.29. The van der Waals surface area contributed by atoms with Crippen molar-refractivity contribution in [2.24, 2.45) is 0 Å². The summed E-state index contributed by atoms with van der Waals surface area (Å²) in [5.74, 6) is 0.612. The average molecular weight is 273 g/mol. The van der Waals surface area contributed by atoms with Gasteiger partial charge < -0.3 is 14.6 Å². The molecule has 3 heterocycles. The molecule has 108 valence electrons. The minimum absolute atomic E-state index is 0.612. The van der Waals surface area contributed by atoms with Crippen molar-refractivity contribution in [3.63, 3.8) is 0 Å². The van der Waals surface area contributed by atoms with Crippen LogP contribution in [0, 0.1) is 0 Å². The number of methoxy groups -OCH3 is 1. The van der Waals surface area contributed by atoms with Crippen molar-refractivity contribution in [2.45, 2.75) is 31.7 Å². The Morgan fingerprint density at radius 1 is 1.50 bits per heavy atom. The monoisotopic (exact) mass is 273 g/mol. The van der Waals surface area contributed by atoms with E-state index < -0.39 is 0 Å². The van der Waals surface area contributed by atoms with Crippen molar-refractivity contribution in [2.75, 3.05) is 26.8 Å². The molecule has 2 aromatic rings. The van der Waals surface area contributed by atoms with E-state index in [0.29, 0.717) is 5.92 Å². The molecule has 0 aliphatic carbocycles. The Balaban J connectivity index is 1.93. The maximum absolute atomic E-state index is 5.19. The van der Waals surface area contributed by atoms with Crippen molar-refractivity contribution in [1.29, 1.82) is 0 Å². The largest absolute Gasteiger partial charge is 0.385 e. The Kier molecular flexibility index (Phi) is 4.33. The number of rotatable bonds is 5. The zero-order valence-corrected chi connectivity index (χ0v) is 12.1. The number of piperidine rings is 1. The van der Waals surface area contributed by atoms with Gasteiger partial charge in [-0.05, 0) is 44.0 Å². The summed E-state index contributed by atoms with van der Waals surface area (Å²) in [4.78, 5) is 4.58. The summed E-state index contributed by atoms with van der Waals surface area (Å²) in [6, 6.07) is 6.51. The van der Waals surface area contributed by atoms with Crippen molar-refractivity contribution < 1.29 is 4.74 Å². The minimum atomic E-state index is 0.612. The fourth-order valence-electron chi connectivity index (χ4n) is 3.15. The van der Waals surface area contributed by atoms with Crippen LogP contribution in [0.25, 0.3) is 11.0 Å². The Bertz CT molecular complexity index is 558. The molecule has 0 amide bonds. The van der Waals surface area contributed by atoms with E-state index >= 15 is 0 Å². The van der Waals surface area contributed by atoms with Crippen molar-refractivity contribution >= 4 is 11.0 Å². The first-order valence-corrected chi connectivity index (χ1v) is 7.54. The van der Waals surface area contributed by atoms with Gasteiger partial charge in [-0.1, -0.05) is 0 Å². The number of aryl methyl sites for hydroxylation is 1. The molecule has 2 aromatic heterocycles. The molecule has 0 spiro atoms. The van der Waals surface area contributed by atoms with Crippen LogP contribution in [-0.4, -0.2) is 36.4 Å². The summed E-state index contributed by atoms with van der Waals surface area (Å²) in [7, 11) is 1.76. The highest BCUT2D eigenvalue weighted by molar-refractivity contribution is 5.77. The van der Waals surface area contributed by atoms with Gasteiger partial charge in [-0.25, -0.2) is 4.98 Å². The fourth-order valence-corrected chi connectivity index (χ4v) is 3.15. The minimum Gasteiger partial charge on any atom is -0.385 e. The predicted octanol–water partition coefficient (Wildman–Crippen LogP) is 2.54. The number of ether oxygens (including phenoxy) is 1. The van der Waals surface area contributed by atoms with Crippen LogP contribution in [0.3, 0.4) is 0 Å². The number of hydrogen-bond acceptors (Lipinski definition) is 3. The van der Waals surface area contributed by atoms with Crippen LogP contribution in [0.2, 0.25) is 0 Å². The van der Waals surface area contributed by atoms with Gasteiger partial charge in [0.05, 0.1) is 0 Å². The lowest BCUT2D eigenvalue weighted by atomic mass is 9.96. The van der Waals surface area contributed by atoms with E-state index in [2.05, 4.69) is 27.0 Å². The van der Waals surface area contributed by atoms with Crippen LogP contribution in [0.15, 0.2) is 24.4 Å². The molecule has 0 bridgehead atoms. The fraction of sp³-hybridized carbons (Fsp3) is 0.562. The standard InChI is InChI=1S/C16H23N3O/c1-20-10-4-9-19-15(14-6-2-7-17-12-14)11-13-5-3-8-18-16(13)19/h3,5,8,11,14,17H,2,4,6-7,9-10,12H2,1H3. The molecule has 1 aliphatic rings. The Morgan fingerprint density at radius 2 is 2.45 bits per heavy atom. The Morgan fingerprint density at radius 3 is 3.25 bits per heavy atom. The summed E-state index contributed by atoms with van der Waals surface area (Å²) in [5, 5.41) is 4.77. The third-order valence-corrected chi connectivity index (χ3v) is 4.13. The van der Waals surface area contributed by atoms with Crippen molar-refractivity contribution in [1.82, 2.24) is 14.9 Å². The van der Waals surface area contributed by atoms with E-state index in [9.17, 15) is 0 Å². The van der Waals surface area contributed by atoms with Crippen LogP contribution in [-0.2, 0) is 11.3 Å². The van der Waals surface area contributed by atoms with Gasteiger partial charge in [0, 0.05) is 50.0 Å². The molecular formula is C16H23N3O. The van der Waals surface area contributed by atoms with E-state index in [0.717, 1.165) is 38.3 Å². The third-order valence-electron chi connectivity index (χ3n) is 4.13. The topological polar surface area (TPSA) is 39.1 Å². The summed E-state index contributed by atoms with van der Waals surface area (Å²) in [5.41, 5.74) is 2.55. The first-order chi connectivity index (χ1) is 9.90. The average Bonchev–Trinajstić information content (AvgIpc) is 2.87. The number of hydrogen-bond donors (Lipinski definition) is 1. The molecular weight excluding hydrogens is 250 g/mol. The summed E-state index contributed by atoms with van der Waals surface area (Å²) in [6.45, 7) is 4.02. The lowest BCUT2D eigenvalue weighted by molar-refractivity contribution is 0.190. The highest BCUT2D eigenvalue weighted by Gasteiger charge is 2.20. The predicted molar refractivity (Wildman–Crippen MR) is 81.1 cm³/mol. The summed E-state index contributed by atoms with van der Waals surface area (Å²) >= 11 is 0. The molecule has 3 rings (SSSR count). The molecule has 1 aliphatic heterocycles. The van der Waals surface area contributed by atoms with Crippen molar-refractivity contribution in [3.8, 4) is 0 Å². The van der Waals surface area contributed by atoms with E-state index in [1.54, 1.807) is 7.11 Å². The highest BCUT2D eigenvalue weighted by atomic mass is 16.5. The van der Waals surface area contributed by atoms with Gasteiger partial charge >= 0.3 is 0 Å². The third kappa shape index (κ3) is 2.72. The lowest BCUT2D eigenvalue weighted by Gasteiger charge is -2.24. The number of pyridine rings is 1. The first-order valence-electron chi connectivity index (χ1n) is 7.54. The molecule has 0 aromatic carbocycles. The van der Waals surface area contributed by atoms with Crippen LogP contribution in [0.5, 0.6) is 0 Å². The molecule has 20 heavy (non-hydrogen) atoms. The maximum Gasteiger partial charge on any atom is 0.140 e. The smallest absolute Gasteiger partial charge is 0.140 e. The zero-order chi connectivity index (χ0) is 13.8. The SMILES string of the molecule is COCCCn1c(C2CCCNC2)cc2cccnc21. The summed E-state index contributed by atoms with van der Waals surface area (Å²) in [6.07, 6.45) is 5.45. The van der Waals surface area contributed by atoms with Gasteiger partial charge in [-0.2, -0.15) is 0 Å². The molecule has 1 unspecified atom stereocenters. The Labute approximate surface area is 120 Å². The molecule has 1 atom stereocenters. The maximum atomic E-state index is 5.19. The van der Waals surface area contributed by atoms with Gasteiger partial charge in [-0.15, -0.1) is 0 Å². The number of nitrogens with one attached hydrogen (secondary N) is 1. The van der Waals surface area contributed by atoms with Crippen LogP contribution >= 0.6 is 0 Å². The quantitative estimate of drug-likeness (QED) is 0.851. The zero-order valence-electron chi connectivity index (χ0n) is 12.1. The Hall–Kier alpha value is -1.39. The molecule has 1 saturated heterocycles. The normalized spacial score (nSPS) is 19.6. The van der Waals surface area contributed by atoms with Gasteiger partial charge in [0.2, 0.25) is 0 Å². The van der Waals surface area contributed by atoms with E-state index in [1.165, 1.54) is 23.9 Å². The van der Waals surface area contributed by atoms with E-state index in [4.69, 9.17) is 4.74 Å². The van der Waals surface area contributed by atoms with Gasteiger partial charge in [0.25, 0.3) is 0 Å². The van der Waals surface area contributed by atoms with Crippen LogP contribution in [0.4, 0.5) is 0 Å². The molecule has 4 heteroatoms. The number of fused-ring (bicyclic) bond motifs is 1. The van der Waals surface area contributed by atoms with Crippen molar-refractivity contribution in [3.05, 3.63) is 30.1 Å². The van der Waals surface area contributed by atoms with Crippen LogP contribution < -0.4 is 5.32 Å². The van der Waals surface area contributed by atoms with Gasteiger partial charge in [-0.3, -0.25) is 0 Å². The second-order valence-electron chi connectivity index (χ2n) is 5.53.